The van der Waals surface area contributed by atoms with Gasteiger partial charge >= 0.3 is 0 Å². The van der Waals surface area contributed by atoms with E-state index in [2.05, 4.69) is 33.0 Å². The maximum absolute atomic E-state index is 11.1. The molecule has 72 valence electrons. The van der Waals surface area contributed by atoms with E-state index < -0.39 is 0 Å². The van der Waals surface area contributed by atoms with Crippen molar-refractivity contribution in [1.29, 1.82) is 0 Å². The van der Waals surface area contributed by atoms with Crippen LogP contribution in [0.4, 0.5) is 0 Å². The fraction of sp³-hybridized carbons (Fsp3) is 0.900. The summed E-state index contributed by atoms with van der Waals surface area (Å²) in [4.78, 5) is 11.1. The van der Waals surface area contributed by atoms with Gasteiger partial charge in [-0.25, -0.2) is 0 Å². The zero-order valence-electron chi connectivity index (χ0n) is 8.74. The molecule has 12 heavy (non-hydrogen) atoms. The summed E-state index contributed by atoms with van der Waals surface area (Å²) in [6.07, 6.45) is 2.63. The zero-order valence-corrected chi connectivity index (χ0v) is 8.74. The van der Waals surface area contributed by atoms with Crippen molar-refractivity contribution in [1.82, 2.24) is 5.32 Å². The Labute approximate surface area is 75.7 Å². The topological polar surface area (TPSA) is 29.1 Å². The molecule has 0 atom stereocenters. The quantitative estimate of drug-likeness (QED) is 0.691. The second-order valence-electron chi connectivity index (χ2n) is 4.41. The smallest absolute Gasteiger partial charge is 0.220 e. The van der Waals surface area contributed by atoms with Crippen LogP contribution in [0.15, 0.2) is 0 Å². The SMILES string of the molecule is CCCNC(=O)CCC(C)(C)C. The fourth-order valence-corrected chi connectivity index (χ4v) is 0.841. The second-order valence-corrected chi connectivity index (χ2v) is 4.41. The highest BCUT2D eigenvalue weighted by molar-refractivity contribution is 5.75. The Morgan fingerprint density at radius 1 is 1.33 bits per heavy atom. The summed E-state index contributed by atoms with van der Waals surface area (Å²) in [7, 11) is 0. The molecule has 0 spiro atoms. The first kappa shape index (κ1) is 11.5. The Bertz CT molecular complexity index is 135. The van der Waals surface area contributed by atoms with Crippen molar-refractivity contribution in [3.05, 3.63) is 0 Å². The zero-order chi connectivity index (χ0) is 9.61. The summed E-state index contributed by atoms with van der Waals surface area (Å²) in [5.41, 5.74) is 0.267. The number of amides is 1. The molecule has 0 aliphatic rings. The summed E-state index contributed by atoms with van der Waals surface area (Å²) in [5.74, 6) is 0.187. The van der Waals surface area contributed by atoms with Crippen LogP contribution in [0.3, 0.4) is 0 Å². The molecule has 0 aliphatic heterocycles. The van der Waals surface area contributed by atoms with Gasteiger partial charge in [0.1, 0.15) is 0 Å². The summed E-state index contributed by atoms with van der Waals surface area (Å²) in [5, 5.41) is 2.87. The lowest BCUT2D eigenvalue weighted by molar-refractivity contribution is -0.121. The van der Waals surface area contributed by atoms with Gasteiger partial charge in [-0.15, -0.1) is 0 Å². The number of nitrogens with one attached hydrogen (secondary N) is 1. The highest BCUT2D eigenvalue weighted by Crippen LogP contribution is 2.19. The van der Waals surface area contributed by atoms with E-state index in [4.69, 9.17) is 0 Å². The van der Waals surface area contributed by atoms with Crippen LogP contribution in [0.2, 0.25) is 0 Å². The highest BCUT2D eigenvalue weighted by Gasteiger charge is 2.11. The molecule has 2 heteroatoms. The van der Waals surface area contributed by atoms with E-state index in [0.29, 0.717) is 6.42 Å². The molecule has 0 rings (SSSR count). The van der Waals surface area contributed by atoms with Crippen LogP contribution in [-0.2, 0) is 4.79 Å². The summed E-state index contributed by atoms with van der Waals surface area (Å²) in [6, 6.07) is 0. The van der Waals surface area contributed by atoms with Crippen LogP contribution in [-0.4, -0.2) is 12.5 Å². The average Bonchev–Trinajstić information content (AvgIpc) is 1.95. The van der Waals surface area contributed by atoms with Crippen LogP contribution in [0.5, 0.6) is 0 Å². The van der Waals surface area contributed by atoms with Crippen LogP contribution < -0.4 is 5.32 Å². The monoisotopic (exact) mass is 171 g/mol. The average molecular weight is 171 g/mol. The number of carbonyl (C=O) groups is 1. The summed E-state index contributed by atoms with van der Waals surface area (Å²) >= 11 is 0. The van der Waals surface area contributed by atoms with E-state index in [1.54, 1.807) is 0 Å². The van der Waals surface area contributed by atoms with Crippen molar-refractivity contribution < 1.29 is 4.79 Å². The van der Waals surface area contributed by atoms with Gasteiger partial charge in [-0.05, 0) is 18.3 Å². The minimum Gasteiger partial charge on any atom is -0.356 e. The highest BCUT2D eigenvalue weighted by atomic mass is 16.1. The Kier molecular flexibility index (Phi) is 4.95. The molecule has 0 bridgehead atoms. The van der Waals surface area contributed by atoms with Gasteiger partial charge in [0.15, 0.2) is 0 Å². The lowest BCUT2D eigenvalue weighted by Crippen LogP contribution is -2.25. The van der Waals surface area contributed by atoms with Crippen molar-refractivity contribution in [2.45, 2.75) is 47.0 Å². The van der Waals surface area contributed by atoms with Crippen molar-refractivity contribution in [3.63, 3.8) is 0 Å². The van der Waals surface area contributed by atoms with Crippen molar-refractivity contribution in [3.8, 4) is 0 Å². The Morgan fingerprint density at radius 3 is 2.33 bits per heavy atom. The fourth-order valence-electron chi connectivity index (χ4n) is 0.841. The molecule has 0 aromatic heterocycles. The molecule has 0 aromatic rings. The van der Waals surface area contributed by atoms with E-state index in [1.807, 2.05) is 0 Å². The number of rotatable bonds is 4. The van der Waals surface area contributed by atoms with Gasteiger partial charge < -0.3 is 5.32 Å². The van der Waals surface area contributed by atoms with E-state index in [0.717, 1.165) is 19.4 Å². The molecule has 0 saturated carbocycles. The van der Waals surface area contributed by atoms with Crippen LogP contribution >= 0.6 is 0 Å². The lowest BCUT2D eigenvalue weighted by Gasteiger charge is -2.17. The van der Waals surface area contributed by atoms with Crippen LogP contribution in [0.25, 0.3) is 0 Å². The first-order chi connectivity index (χ1) is 5.45. The predicted molar refractivity (Wildman–Crippen MR) is 52.0 cm³/mol. The van der Waals surface area contributed by atoms with Gasteiger partial charge in [-0.3, -0.25) is 4.79 Å². The Balaban J connectivity index is 3.44. The van der Waals surface area contributed by atoms with E-state index in [-0.39, 0.29) is 11.3 Å². The molecular weight excluding hydrogens is 150 g/mol. The predicted octanol–water partition coefficient (Wildman–Crippen LogP) is 2.34. The van der Waals surface area contributed by atoms with Gasteiger partial charge in [-0.2, -0.15) is 0 Å². The van der Waals surface area contributed by atoms with E-state index in [1.165, 1.54) is 0 Å². The second kappa shape index (κ2) is 5.18. The molecule has 0 fully saturated rings. The van der Waals surface area contributed by atoms with Gasteiger partial charge in [0.25, 0.3) is 0 Å². The minimum absolute atomic E-state index is 0.187. The first-order valence-corrected chi connectivity index (χ1v) is 4.72. The Morgan fingerprint density at radius 2 is 1.92 bits per heavy atom. The molecule has 0 unspecified atom stereocenters. The lowest BCUT2D eigenvalue weighted by atomic mass is 9.90. The molecule has 0 radical (unpaired) electrons. The van der Waals surface area contributed by atoms with Crippen LogP contribution in [0.1, 0.15) is 47.0 Å². The van der Waals surface area contributed by atoms with E-state index in [9.17, 15) is 4.79 Å². The van der Waals surface area contributed by atoms with Crippen molar-refractivity contribution in [2.75, 3.05) is 6.54 Å². The summed E-state index contributed by atoms with van der Waals surface area (Å²) in [6.45, 7) is 9.33. The normalized spacial score (nSPS) is 11.3. The molecule has 1 amide bonds. The molecule has 1 N–H and O–H groups in total. The third-order valence-corrected chi connectivity index (χ3v) is 1.67. The van der Waals surface area contributed by atoms with E-state index >= 15 is 0 Å². The number of hydrogen-bond acceptors (Lipinski definition) is 1. The standard InChI is InChI=1S/C10H21NO/c1-5-8-11-9(12)6-7-10(2,3)4/h5-8H2,1-4H3,(H,11,12). The summed E-state index contributed by atoms with van der Waals surface area (Å²) < 4.78 is 0. The largest absolute Gasteiger partial charge is 0.356 e. The minimum atomic E-state index is 0.187. The van der Waals surface area contributed by atoms with Crippen molar-refractivity contribution in [2.24, 2.45) is 5.41 Å². The van der Waals surface area contributed by atoms with Gasteiger partial charge in [0.05, 0.1) is 0 Å². The molecule has 2 nitrogen and oxygen atoms in total. The third kappa shape index (κ3) is 7.58. The van der Waals surface area contributed by atoms with Gasteiger partial charge in [0, 0.05) is 13.0 Å². The van der Waals surface area contributed by atoms with Crippen molar-refractivity contribution >= 4 is 5.91 Å². The molecular formula is C10H21NO. The maximum Gasteiger partial charge on any atom is 0.220 e. The maximum atomic E-state index is 11.1. The molecule has 0 aromatic carbocycles. The first-order valence-electron chi connectivity index (χ1n) is 4.72. The van der Waals surface area contributed by atoms with Gasteiger partial charge in [0.2, 0.25) is 5.91 Å². The molecule has 0 saturated heterocycles. The number of carbonyl (C=O) groups excluding carboxylic acids is 1. The van der Waals surface area contributed by atoms with Crippen LogP contribution in [0, 0.1) is 5.41 Å². The Hall–Kier alpha value is -0.530. The molecule has 0 aliphatic carbocycles. The van der Waals surface area contributed by atoms with Gasteiger partial charge in [-0.1, -0.05) is 27.7 Å². The number of hydrogen-bond donors (Lipinski definition) is 1. The molecule has 0 heterocycles. The third-order valence-electron chi connectivity index (χ3n) is 1.67.